The Morgan fingerprint density at radius 1 is 1.24 bits per heavy atom. The van der Waals surface area contributed by atoms with E-state index in [0.717, 1.165) is 18.4 Å². The average molecular weight is 240 g/mol. The molecule has 0 spiro atoms. The molecule has 0 bridgehead atoms. The van der Waals surface area contributed by atoms with Gasteiger partial charge in [-0.3, -0.25) is 0 Å². The number of halogens is 2. The van der Waals surface area contributed by atoms with Crippen LogP contribution in [0.1, 0.15) is 12.8 Å². The number of carbonyl (C=O) groups excluding carboxylic acids is 1. The Morgan fingerprint density at radius 2 is 1.88 bits per heavy atom. The topological polar surface area (TPSA) is 46.3 Å². The van der Waals surface area contributed by atoms with Gasteiger partial charge >= 0.3 is 0 Å². The molecule has 1 saturated heterocycles. The molecule has 0 amide bonds. The summed E-state index contributed by atoms with van der Waals surface area (Å²) in [6.07, 6.45) is 2.28. The zero-order chi connectivity index (χ0) is 12.4. The van der Waals surface area contributed by atoms with Crippen LogP contribution in [0.15, 0.2) is 12.1 Å². The SMILES string of the molecule is Nc1cc(F)c(N2CCC(C=O)CC2)cc1F. The number of rotatable bonds is 2. The predicted molar refractivity (Wildman–Crippen MR) is 61.8 cm³/mol. The summed E-state index contributed by atoms with van der Waals surface area (Å²) in [5, 5.41) is 0. The van der Waals surface area contributed by atoms with E-state index >= 15 is 0 Å². The van der Waals surface area contributed by atoms with Gasteiger partial charge in [-0.25, -0.2) is 8.78 Å². The van der Waals surface area contributed by atoms with Crippen molar-refractivity contribution in [3.63, 3.8) is 0 Å². The molecule has 0 aliphatic carbocycles. The van der Waals surface area contributed by atoms with E-state index in [0.29, 0.717) is 25.9 Å². The molecule has 1 aromatic rings. The van der Waals surface area contributed by atoms with E-state index < -0.39 is 11.6 Å². The van der Waals surface area contributed by atoms with Gasteiger partial charge in [0, 0.05) is 31.1 Å². The molecule has 0 radical (unpaired) electrons. The van der Waals surface area contributed by atoms with Gasteiger partial charge in [-0.2, -0.15) is 0 Å². The summed E-state index contributed by atoms with van der Waals surface area (Å²) >= 11 is 0. The van der Waals surface area contributed by atoms with Crippen molar-refractivity contribution in [2.75, 3.05) is 23.7 Å². The standard InChI is InChI=1S/C12H14F2N2O/c13-9-6-12(10(14)5-11(9)15)16-3-1-8(7-17)2-4-16/h5-8H,1-4,15H2. The minimum Gasteiger partial charge on any atom is -0.396 e. The van der Waals surface area contributed by atoms with E-state index in [2.05, 4.69) is 0 Å². The number of nitrogens with two attached hydrogens (primary N) is 1. The summed E-state index contributed by atoms with van der Waals surface area (Å²) in [6, 6.07) is 2.11. The first-order valence-corrected chi connectivity index (χ1v) is 5.56. The third kappa shape index (κ3) is 2.38. The number of nitrogen functional groups attached to an aromatic ring is 1. The van der Waals surface area contributed by atoms with Crippen LogP contribution in [-0.4, -0.2) is 19.4 Å². The first-order chi connectivity index (χ1) is 8.11. The molecule has 0 atom stereocenters. The third-order valence-electron chi connectivity index (χ3n) is 3.14. The number of benzene rings is 1. The zero-order valence-electron chi connectivity index (χ0n) is 9.33. The highest BCUT2D eigenvalue weighted by Gasteiger charge is 2.21. The quantitative estimate of drug-likeness (QED) is 0.635. The first-order valence-electron chi connectivity index (χ1n) is 5.56. The van der Waals surface area contributed by atoms with Crippen LogP contribution in [0.2, 0.25) is 0 Å². The lowest BCUT2D eigenvalue weighted by Gasteiger charge is -2.31. The molecule has 5 heteroatoms. The number of aldehydes is 1. The Morgan fingerprint density at radius 3 is 2.47 bits per heavy atom. The van der Waals surface area contributed by atoms with Crippen LogP contribution in [-0.2, 0) is 4.79 Å². The second-order valence-corrected chi connectivity index (χ2v) is 4.29. The van der Waals surface area contributed by atoms with Gasteiger partial charge in [-0.1, -0.05) is 0 Å². The maximum absolute atomic E-state index is 13.6. The summed E-state index contributed by atoms with van der Waals surface area (Å²) in [5.41, 5.74) is 5.32. The van der Waals surface area contributed by atoms with E-state index in [9.17, 15) is 13.6 Å². The minimum atomic E-state index is -0.612. The van der Waals surface area contributed by atoms with Gasteiger partial charge in [0.25, 0.3) is 0 Å². The first kappa shape index (κ1) is 11.8. The highest BCUT2D eigenvalue weighted by molar-refractivity contribution is 5.58. The van der Waals surface area contributed by atoms with E-state index in [-0.39, 0.29) is 17.3 Å². The van der Waals surface area contributed by atoms with Crippen LogP contribution in [0.25, 0.3) is 0 Å². The van der Waals surface area contributed by atoms with Crippen molar-refractivity contribution in [3.05, 3.63) is 23.8 Å². The number of piperidine rings is 1. The van der Waals surface area contributed by atoms with Gasteiger partial charge in [-0.05, 0) is 12.8 Å². The summed E-state index contributed by atoms with van der Waals surface area (Å²) < 4.78 is 26.9. The van der Waals surface area contributed by atoms with Gasteiger partial charge in [0.05, 0.1) is 11.4 Å². The van der Waals surface area contributed by atoms with Crippen LogP contribution in [0.3, 0.4) is 0 Å². The maximum Gasteiger partial charge on any atom is 0.148 e. The normalized spacial score (nSPS) is 17.2. The van der Waals surface area contributed by atoms with Crippen molar-refractivity contribution in [1.82, 2.24) is 0 Å². The van der Waals surface area contributed by atoms with Crippen LogP contribution in [0.4, 0.5) is 20.2 Å². The Kier molecular flexibility index (Phi) is 3.26. The lowest BCUT2D eigenvalue weighted by atomic mass is 9.98. The second kappa shape index (κ2) is 4.69. The molecular weight excluding hydrogens is 226 g/mol. The molecule has 92 valence electrons. The van der Waals surface area contributed by atoms with Gasteiger partial charge < -0.3 is 15.4 Å². The molecule has 2 rings (SSSR count). The van der Waals surface area contributed by atoms with Gasteiger partial charge in [-0.15, -0.1) is 0 Å². The molecular formula is C12H14F2N2O. The largest absolute Gasteiger partial charge is 0.396 e. The number of anilines is 2. The summed E-state index contributed by atoms with van der Waals surface area (Å²) in [7, 11) is 0. The fourth-order valence-electron chi connectivity index (χ4n) is 2.07. The van der Waals surface area contributed by atoms with E-state index in [1.807, 2.05) is 0 Å². The number of hydrogen-bond acceptors (Lipinski definition) is 3. The van der Waals surface area contributed by atoms with Crippen molar-refractivity contribution >= 4 is 17.7 Å². The zero-order valence-corrected chi connectivity index (χ0v) is 9.33. The smallest absolute Gasteiger partial charge is 0.148 e. The van der Waals surface area contributed by atoms with Crippen molar-refractivity contribution in [3.8, 4) is 0 Å². The van der Waals surface area contributed by atoms with Crippen LogP contribution in [0, 0.1) is 17.6 Å². The Hall–Kier alpha value is -1.65. The van der Waals surface area contributed by atoms with Crippen LogP contribution in [0.5, 0.6) is 0 Å². The Bertz CT molecular complexity index is 429. The van der Waals surface area contributed by atoms with Crippen molar-refractivity contribution in [2.45, 2.75) is 12.8 Å². The molecule has 1 aromatic carbocycles. The lowest BCUT2D eigenvalue weighted by molar-refractivity contribution is -0.111. The maximum atomic E-state index is 13.6. The van der Waals surface area contributed by atoms with Crippen molar-refractivity contribution in [1.29, 1.82) is 0 Å². The molecule has 1 aliphatic rings. The van der Waals surface area contributed by atoms with Gasteiger partial charge in [0.1, 0.15) is 17.9 Å². The second-order valence-electron chi connectivity index (χ2n) is 4.29. The average Bonchev–Trinajstić information content (AvgIpc) is 2.34. The fraction of sp³-hybridized carbons (Fsp3) is 0.417. The van der Waals surface area contributed by atoms with Gasteiger partial charge in [0.2, 0.25) is 0 Å². The highest BCUT2D eigenvalue weighted by Crippen LogP contribution is 2.28. The minimum absolute atomic E-state index is 0.0351. The summed E-state index contributed by atoms with van der Waals surface area (Å²) in [4.78, 5) is 12.3. The van der Waals surface area contributed by atoms with Crippen LogP contribution < -0.4 is 10.6 Å². The van der Waals surface area contributed by atoms with E-state index in [4.69, 9.17) is 5.73 Å². The number of hydrogen-bond donors (Lipinski definition) is 1. The number of carbonyl (C=O) groups is 1. The predicted octanol–water partition coefficient (Wildman–Crippen LogP) is 1.96. The number of nitrogens with zero attached hydrogens (tertiary/aromatic N) is 1. The summed E-state index contributed by atoms with van der Waals surface area (Å²) in [6.45, 7) is 1.12. The Balaban J connectivity index is 2.18. The van der Waals surface area contributed by atoms with E-state index in [1.165, 1.54) is 0 Å². The van der Waals surface area contributed by atoms with E-state index in [1.54, 1.807) is 4.90 Å². The van der Waals surface area contributed by atoms with Gasteiger partial charge in [0.15, 0.2) is 0 Å². The molecule has 1 heterocycles. The molecule has 0 aromatic heterocycles. The van der Waals surface area contributed by atoms with Crippen molar-refractivity contribution < 1.29 is 13.6 Å². The lowest BCUT2D eigenvalue weighted by Crippen LogP contribution is -2.34. The fourth-order valence-corrected chi connectivity index (χ4v) is 2.07. The third-order valence-corrected chi connectivity index (χ3v) is 3.14. The molecule has 1 fully saturated rings. The summed E-state index contributed by atoms with van der Waals surface area (Å²) in [5.74, 6) is -1.10. The molecule has 2 N–H and O–H groups in total. The molecule has 0 unspecified atom stereocenters. The molecule has 17 heavy (non-hydrogen) atoms. The molecule has 3 nitrogen and oxygen atoms in total. The highest BCUT2D eigenvalue weighted by atomic mass is 19.1. The van der Waals surface area contributed by atoms with Crippen molar-refractivity contribution in [2.24, 2.45) is 5.92 Å². The molecule has 1 aliphatic heterocycles. The van der Waals surface area contributed by atoms with Crippen LogP contribution >= 0.6 is 0 Å². The molecule has 0 saturated carbocycles. The monoisotopic (exact) mass is 240 g/mol. The Labute approximate surface area is 98.2 Å².